The van der Waals surface area contributed by atoms with Crippen LogP contribution in [0.4, 0.5) is 0 Å². The van der Waals surface area contributed by atoms with E-state index in [1.165, 1.54) is 37.7 Å². The number of Topliss-reactive ketones (excluding diaryl/α,β-unsaturated/α-hetero) is 1. The lowest BCUT2D eigenvalue weighted by molar-refractivity contribution is 0.0474. The van der Waals surface area contributed by atoms with Crippen LogP contribution in [0.2, 0.25) is 5.02 Å². The molecule has 108 valence electrons. The lowest BCUT2D eigenvalue weighted by Crippen LogP contribution is -2.14. The van der Waals surface area contributed by atoms with Crippen LogP contribution < -0.4 is 4.74 Å². The number of hydrogen-bond donors (Lipinski definition) is 0. The Morgan fingerprint density at radius 2 is 1.86 bits per heavy atom. The highest BCUT2D eigenvalue weighted by Crippen LogP contribution is 2.25. The van der Waals surface area contributed by atoms with Crippen molar-refractivity contribution in [3.05, 3.63) is 58.9 Å². The first kappa shape index (κ1) is 15.0. The predicted molar refractivity (Wildman–Crippen MR) is 76.9 cm³/mol. The molecule has 0 saturated heterocycles. The van der Waals surface area contributed by atoms with Gasteiger partial charge in [-0.1, -0.05) is 11.6 Å². The van der Waals surface area contributed by atoms with Gasteiger partial charge in [0.05, 0.1) is 17.7 Å². The van der Waals surface area contributed by atoms with Gasteiger partial charge in [-0.15, -0.1) is 0 Å². The number of hydrogen-bond acceptors (Lipinski definition) is 5. The van der Waals surface area contributed by atoms with Gasteiger partial charge >= 0.3 is 5.97 Å². The van der Waals surface area contributed by atoms with Crippen LogP contribution in [0.5, 0.6) is 5.75 Å². The molecule has 0 aliphatic rings. The van der Waals surface area contributed by atoms with E-state index in [0.29, 0.717) is 21.9 Å². The lowest BCUT2D eigenvalue weighted by atomic mass is 10.1. The van der Waals surface area contributed by atoms with Crippen molar-refractivity contribution in [2.24, 2.45) is 0 Å². The first-order valence-electron chi connectivity index (χ1n) is 6.05. The third-order valence-electron chi connectivity index (χ3n) is 2.72. The molecule has 2 rings (SSSR count). The predicted octanol–water partition coefficient (Wildman–Crippen LogP) is 2.78. The quantitative estimate of drug-likeness (QED) is 0.628. The second kappa shape index (κ2) is 6.85. The molecule has 0 spiro atoms. The van der Waals surface area contributed by atoms with Gasteiger partial charge in [-0.25, -0.2) is 4.79 Å². The molecule has 2 aromatic rings. The highest BCUT2D eigenvalue weighted by molar-refractivity contribution is 6.32. The summed E-state index contributed by atoms with van der Waals surface area (Å²) < 4.78 is 9.95. The van der Waals surface area contributed by atoms with Crippen LogP contribution in [0.1, 0.15) is 20.7 Å². The van der Waals surface area contributed by atoms with Crippen LogP contribution in [0.3, 0.4) is 0 Å². The molecule has 0 bridgehead atoms. The van der Waals surface area contributed by atoms with E-state index in [9.17, 15) is 9.59 Å². The van der Waals surface area contributed by atoms with Gasteiger partial charge in [0.15, 0.2) is 12.4 Å². The molecule has 0 atom stereocenters. The molecule has 1 aromatic carbocycles. The van der Waals surface area contributed by atoms with Crippen LogP contribution in [0, 0.1) is 0 Å². The molecule has 21 heavy (non-hydrogen) atoms. The molecule has 0 saturated carbocycles. The molecule has 0 aliphatic heterocycles. The highest BCUT2D eigenvalue weighted by atomic mass is 35.5. The smallest absolute Gasteiger partial charge is 0.338 e. The summed E-state index contributed by atoms with van der Waals surface area (Å²) in [5, 5.41) is 0.323. The van der Waals surface area contributed by atoms with E-state index in [0.717, 1.165) is 0 Å². The first-order valence-corrected chi connectivity index (χ1v) is 6.43. The maximum atomic E-state index is 11.9. The van der Waals surface area contributed by atoms with Gasteiger partial charge in [0.25, 0.3) is 0 Å². The maximum absolute atomic E-state index is 11.9. The Labute approximate surface area is 126 Å². The van der Waals surface area contributed by atoms with Crippen LogP contribution >= 0.6 is 11.6 Å². The van der Waals surface area contributed by atoms with Crippen molar-refractivity contribution < 1.29 is 19.1 Å². The molecule has 0 N–H and O–H groups in total. The summed E-state index contributed by atoms with van der Waals surface area (Å²) in [5.41, 5.74) is 0.689. The molecule has 1 aromatic heterocycles. The van der Waals surface area contributed by atoms with Gasteiger partial charge in [0.1, 0.15) is 5.75 Å². The minimum absolute atomic E-state index is 0.323. The third-order valence-corrected chi connectivity index (χ3v) is 3.02. The minimum atomic E-state index is -0.578. The number of ether oxygens (including phenoxy) is 2. The van der Waals surface area contributed by atoms with Gasteiger partial charge in [-0.05, 0) is 30.3 Å². The number of aromatic nitrogens is 1. The number of carbonyl (C=O) groups is 2. The van der Waals surface area contributed by atoms with E-state index in [1.54, 1.807) is 12.1 Å². The molecule has 0 radical (unpaired) electrons. The SMILES string of the molecule is COc1ccc(C(=O)COC(=O)c2ccncc2)cc1Cl. The summed E-state index contributed by atoms with van der Waals surface area (Å²) in [6, 6.07) is 7.64. The standard InChI is InChI=1S/C15H12ClNO4/c1-20-14-3-2-11(8-12(14)16)13(18)9-21-15(19)10-4-6-17-7-5-10/h2-8H,9H2,1H3. The normalized spacial score (nSPS) is 10.0. The topological polar surface area (TPSA) is 65.5 Å². The second-order valence-corrected chi connectivity index (χ2v) is 4.49. The van der Waals surface area contributed by atoms with Crippen molar-refractivity contribution in [2.75, 3.05) is 13.7 Å². The molecule has 0 aliphatic carbocycles. The number of methoxy groups -OCH3 is 1. The molecule has 1 heterocycles. The number of rotatable bonds is 5. The summed E-state index contributed by atoms with van der Waals surface area (Å²) in [6.07, 6.45) is 2.95. The van der Waals surface area contributed by atoms with Gasteiger partial charge in [0, 0.05) is 18.0 Å². The molecule has 0 fully saturated rings. The highest BCUT2D eigenvalue weighted by Gasteiger charge is 2.13. The second-order valence-electron chi connectivity index (χ2n) is 4.08. The fourth-order valence-corrected chi connectivity index (χ4v) is 1.88. The van der Waals surface area contributed by atoms with Crippen molar-refractivity contribution in [2.45, 2.75) is 0 Å². The van der Waals surface area contributed by atoms with E-state index >= 15 is 0 Å². The Morgan fingerprint density at radius 1 is 1.14 bits per heavy atom. The number of carbonyl (C=O) groups excluding carboxylic acids is 2. The van der Waals surface area contributed by atoms with Crippen LogP contribution in [0.25, 0.3) is 0 Å². The summed E-state index contributed by atoms with van der Waals surface area (Å²) in [6.45, 7) is -0.357. The summed E-state index contributed by atoms with van der Waals surface area (Å²) >= 11 is 5.94. The summed E-state index contributed by atoms with van der Waals surface area (Å²) in [4.78, 5) is 27.4. The van der Waals surface area contributed by atoms with Gasteiger partial charge in [-0.2, -0.15) is 0 Å². The number of pyridine rings is 1. The van der Waals surface area contributed by atoms with E-state index in [-0.39, 0.29) is 12.4 Å². The minimum Gasteiger partial charge on any atom is -0.495 e. The van der Waals surface area contributed by atoms with Crippen LogP contribution in [-0.4, -0.2) is 30.5 Å². The average molecular weight is 306 g/mol. The van der Waals surface area contributed by atoms with E-state index in [2.05, 4.69) is 4.98 Å². The van der Waals surface area contributed by atoms with Crippen molar-refractivity contribution in [1.29, 1.82) is 0 Å². The van der Waals surface area contributed by atoms with E-state index < -0.39 is 5.97 Å². The monoisotopic (exact) mass is 305 g/mol. The Kier molecular flexibility index (Phi) is 4.90. The zero-order valence-corrected chi connectivity index (χ0v) is 12.0. The zero-order chi connectivity index (χ0) is 15.2. The number of halogens is 1. The van der Waals surface area contributed by atoms with Crippen molar-refractivity contribution >= 4 is 23.4 Å². The Morgan fingerprint density at radius 3 is 2.48 bits per heavy atom. The Hall–Kier alpha value is -2.40. The van der Waals surface area contributed by atoms with Crippen LogP contribution in [0.15, 0.2) is 42.7 Å². The summed E-state index contributed by atoms with van der Waals surface area (Å²) in [5.74, 6) is -0.450. The molecule has 0 amide bonds. The Bertz CT molecular complexity index is 658. The molecule has 0 unspecified atom stereocenters. The van der Waals surface area contributed by atoms with Crippen LogP contribution in [-0.2, 0) is 4.74 Å². The van der Waals surface area contributed by atoms with E-state index in [4.69, 9.17) is 21.1 Å². The average Bonchev–Trinajstić information content (AvgIpc) is 2.53. The first-order chi connectivity index (χ1) is 10.1. The van der Waals surface area contributed by atoms with Crippen molar-refractivity contribution in [3.8, 4) is 5.75 Å². The molecular formula is C15H12ClNO4. The number of benzene rings is 1. The van der Waals surface area contributed by atoms with Crippen molar-refractivity contribution in [1.82, 2.24) is 4.98 Å². The lowest BCUT2D eigenvalue weighted by Gasteiger charge is -2.06. The fraction of sp³-hybridized carbons (Fsp3) is 0.133. The molecule has 6 heteroatoms. The third kappa shape index (κ3) is 3.79. The zero-order valence-electron chi connectivity index (χ0n) is 11.2. The fourth-order valence-electron chi connectivity index (χ4n) is 1.63. The van der Waals surface area contributed by atoms with E-state index in [1.807, 2.05) is 0 Å². The van der Waals surface area contributed by atoms with Gasteiger partial charge < -0.3 is 9.47 Å². The maximum Gasteiger partial charge on any atom is 0.338 e. The number of nitrogens with zero attached hydrogens (tertiary/aromatic N) is 1. The van der Waals surface area contributed by atoms with Gasteiger partial charge in [0.2, 0.25) is 0 Å². The number of ketones is 1. The Balaban J connectivity index is 1.99. The molecular weight excluding hydrogens is 294 g/mol. The number of esters is 1. The van der Waals surface area contributed by atoms with Gasteiger partial charge in [-0.3, -0.25) is 9.78 Å². The molecule has 5 nitrogen and oxygen atoms in total. The van der Waals surface area contributed by atoms with Crippen molar-refractivity contribution in [3.63, 3.8) is 0 Å². The largest absolute Gasteiger partial charge is 0.495 e. The summed E-state index contributed by atoms with van der Waals surface area (Å²) in [7, 11) is 1.49.